The number of allylic oxidation sites excluding steroid dienone is 4. The Hall–Kier alpha value is 0.0774. The van der Waals surface area contributed by atoms with Crippen LogP contribution in [-0.2, 0) is 0 Å². The van der Waals surface area contributed by atoms with Gasteiger partial charge in [0.05, 0.1) is 0 Å². The summed E-state index contributed by atoms with van der Waals surface area (Å²) in [5.41, 5.74) is 1.71. The first-order valence-corrected chi connectivity index (χ1v) is 4.24. The Bertz CT molecular complexity index is 191. The Balaban J connectivity index is 2.25. The molecule has 0 radical (unpaired) electrons. The maximum atomic E-state index is 2.35. The predicted octanol–water partition coefficient (Wildman–Crippen LogP) is 2.24. The number of hydrogen-bond acceptors (Lipinski definition) is 0. The monoisotopic (exact) mass is 126 g/mol. The van der Waals surface area contributed by atoms with Gasteiger partial charge in [-0.05, 0) is 0 Å². The molecule has 0 aromatic carbocycles. The van der Waals surface area contributed by atoms with E-state index in [-0.39, 0.29) is 0 Å². The summed E-state index contributed by atoms with van der Waals surface area (Å²) in [5, 5.41) is 0. The van der Waals surface area contributed by atoms with Crippen molar-refractivity contribution in [1.29, 1.82) is 0 Å². The average Bonchev–Trinajstić information content (AvgIpc) is 2.34. The molecule has 0 amide bonds. The van der Waals surface area contributed by atoms with Gasteiger partial charge in [-0.1, -0.05) is 0 Å². The standard InChI is InChI=1S/C9H11.Li/c1-2-5-9-7-3-6-8(9)4-1;/h1-2,4,6,9H,3,5,7H2;. The van der Waals surface area contributed by atoms with E-state index >= 15 is 0 Å². The molecule has 2 aliphatic carbocycles. The summed E-state index contributed by atoms with van der Waals surface area (Å²) in [6, 6.07) is 0. The fourth-order valence-electron chi connectivity index (χ4n) is 2.16. The van der Waals surface area contributed by atoms with Crippen molar-refractivity contribution in [3.05, 3.63) is 23.8 Å². The summed E-state index contributed by atoms with van der Waals surface area (Å²) in [6.45, 7) is 0. The molecule has 0 aromatic rings. The Kier molecular flexibility index (Phi) is 1.76. The Morgan fingerprint density at radius 1 is 1.40 bits per heavy atom. The first kappa shape index (κ1) is 6.77. The van der Waals surface area contributed by atoms with E-state index in [1.165, 1.54) is 19.3 Å². The van der Waals surface area contributed by atoms with Crippen LogP contribution >= 0.6 is 0 Å². The zero-order chi connectivity index (χ0) is 6.97. The molecule has 2 unspecified atom stereocenters. The minimum atomic E-state index is 0.870. The third-order valence-corrected chi connectivity index (χ3v) is 2.83. The fraction of sp³-hybridized carbons (Fsp3) is 0.556. The van der Waals surface area contributed by atoms with Crippen LogP contribution in [0.5, 0.6) is 0 Å². The van der Waals surface area contributed by atoms with Crippen LogP contribution in [-0.4, -0.2) is 17.7 Å². The van der Waals surface area contributed by atoms with E-state index in [1.807, 2.05) is 0 Å². The zero-order valence-corrected chi connectivity index (χ0v) is 6.51. The van der Waals surface area contributed by atoms with Gasteiger partial charge in [0.25, 0.3) is 0 Å². The topological polar surface area (TPSA) is 0 Å². The van der Waals surface area contributed by atoms with Crippen LogP contribution in [0.1, 0.15) is 19.3 Å². The third kappa shape index (κ3) is 1.00. The molecule has 1 fully saturated rings. The van der Waals surface area contributed by atoms with E-state index in [1.54, 1.807) is 5.57 Å². The van der Waals surface area contributed by atoms with E-state index in [0.717, 1.165) is 10.5 Å². The normalized spacial score (nSPS) is 37.6. The summed E-state index contributed by atoms with van der Waals surface area (Å²) < 4.78 is 0.870. The molecule has 10 heavy (non-hydrogen) atoms. The molecule has 1 heteroatoms. The molecule has 0 N–H and O–H groups in total. The molecule has 2 atom stereocenters. The van der Waals surface area contributed by atoms with Gasteiger partial charge in [0.1, 0.15) is 0 Å². The molecule has 1 saturated carbocycles. The maximum absolute atomic E-state index is 2.35. The van der Waals surface area contributed by atoms with Crippen LogP contribution in [0.15, 0.2) is 23.8 Å². The van der Waals surface area contributed by atoms with Gasteiger partial charge in [-0.15, -0.1) is 0 Å². The predicted molar refractivity (Wildman–Crippen MR) is 44.1 cm³/mol. The van der Waals surface area contributed by atoms with Crippen LogP contribution in [0.3, 0.4) is 0 Å². The molecule has 0 aliphatic heterocycles. The Morgan fingerprint density at radius 3 is 3.10 bits per heavy atom. The van der Waals surface area contributed by atoms with Gasteiger partial charge < -0.3 is 0 Å². The molecule has 2 rings (SSSR count). The Morgan fingerprint density at radius 2 is 2.30 bits per heavy atom. The zero-order valence-electron chi connectivity index (χ0n) is 6.51. The van der Waals surface area contributed by atoms with Crippen molar-refractivity contribution in [3.63, 3.8) is 0 Å². The second kappa shape index (κ2) is 2.61. The Labute approximate surface area is 71.6 Å². The summed E-state index contributed by atoms with van der Waals surface area (Å²) >= 11 is 2.35. The first-order valence-electron chi connectivity index (χ1n) is 4.24. The van der Waals surface area contributed by atoms with Crippen LogP contribution in [0.4, 0.5) is 0 Å². The van der Waals surface area contributed by atoms with E-state index in [9.17, 15) is 0 Å². The van der Waals surface area contributed by atoms with Crippen molar-refractivity contribution in [2.24, 2.45) is 5.92 Å². The van der Waals surface area contributed by atoms with Crippen molar-refractivity contribution in [2.75, 3.05) is 0 Å². The molecule has 0 aromatic heterocycles. The molecule has 2 aliphatic rings. The van der Waals surface area contributed by atoms with Crippen LogP contribution < -0.4 is 0 Å². The third-order valence-electron chi connectivity index (χ3n) is 2.83. The van der Waals surface area contributed by atoms with Gasteiger partial charge >= 0.3 is 71.3 Å². The molecule has 0 saturated heterocycles. The summed E-state index contributed by atoms with van der Waals surface area (Å²) in [7, 11) is 0. The molecular weight excluding hydrogens is 115 g/mol. The first-order chi connectivity index (χ1) is 4.88. The molecule has 0 bridgehead atoms. The van der Waals surface area contributed by atoms with E-state index in [4.69, 9.17) is 0 Å². The van der Waals surface area contributed by atoms with Gasteiger partial charge in [-0.2, -0.15) is 0 Å². The van der Waals surface area contributed by atoms with Crippen molar-refractivity contribution < 1.29 is 0 Å². The number of hydrogen-bond donors (Lipinski definition) is 0. The quantitative estimate of drug-likeness (QED) is 0.436. The summed E-state index contributed by atoms with van der Waals surface area (Å²) in [4.78, 5) is 0. The van der Waals surface area contributed by atoms with Gasteiger partial charge in [0.2, 0.25) is 0 Å². The van der Waals surface area contributed by atoms with Crippen molar-refractivity contribution in [3.8, 4) is 0 Å². The second-order valence-corrected chi connectivity index (χ2v) is 3.51. The minimum absolute atomic E-state index is 0.870. The van der Waals surface area contributed by atoms with Gasteiger partial charge in [-0.25, -0.2) is 0 Å². The summed E-state index contributed by atoms with van der Waals surface area (Å²) in [5.74, 6) is 0.917. The van der Waals surface area contributed by atoms with Gasteiger partial charge in [0.15, 0.2) is 0 Å². The molecule has 0 heterocycles. The van der Waals surface area contributed by atoms with Gasteiger partial charge in [-0.3, -0.25) is 0 Å². The molecule has 0 nitrogen and oxygen atoms in total. The average molecular weight is 126 g/mol. The summed E-state index contributed by atoms with van der Waals surface area (Å²) in [6.07, 6.45) is 11.0. The van der Waals surface area contributed by atoms with E-state index in [0.29, 0.717) is 0 Å². The second-order valence-electron chi connectivity index (χ2n) is 3.51. The SMILES string of the molecule is [Li][CH]1CCC2CC=CC=C12. The van der Waals surface area contributed by atoms with Crippen molar-refractivity contribution in [1.82, 2.24) is 0 Å². The fourth-order valence-corrected chi connectivity index (χ4v) is 2.16. The van der Waals surface area contributed by atoms with Crippen LogP contribution in [0.2, 0.25) is 4.59 Å². The molecule has 48 valence electrons. The molecular formula is C9H11Li. The van der Waals surface area contributed by atoms with Crippen LogP contribution in [0, 0.1) is 5.92 Å². The molecule has 0 spiro atoms. The number of fused-ring (bicyclic) bond motifs is 1. The number of rotatable bonds is 0. The van der Waals surface area contributed by atoms with Gasteiger partial charge in [0, 0.05) is 0 Å². The van der Waals surface area contributed by atoms with Crippen LogP contribution in [0.25, 0.3) is 0 Å². The van der Waals surface area contributed by atoms with Crippen molar-refractivity contribution >= 4 is 17.7 Å². The van der Waals surface area contributed by atoms with E-state index < -0.39 is 0 Å². The van der Waals surface area contributed by atoms with Crippen molar-refractivity contribution in [2.45, 2.75) is 23.9 Å². The van der Waals surface area contributed by atoms with E-state index in [2.05, 4.69) is 35.9 Å².